The first-order valence-corrected chi connectivity index (χ1v) is 6.48. The van der Waals surface area contributed by atoms with Gasteiger partial charge in [0.1, 0.15) is 0 Å². The molecule has 4 nitrogen and oxygen atoms in total. The Hall–Kier alpha value is -1.36. The monoisotopic (exact) mass is 312 g/mol. The molecule has 98 valence electrons. The minimum Gasteiger partial charge on any atom is -0.362 e. The molecule has 0 unspecified atom stereocenters. The van der Waals surface area contributed by atoms with Crippen molar-refractivity contribution in [2.45, 2.75) is 6.92 Å². The summed E-state index contributed by atoms with van der Waals surface area (Å²) in [4.78, 5) is 26.2. The third kappa shape index (κ3) is 3.57. The lowest BCUT2D eigenvalue weighted by Gasteiger charge is -2.25. The van der Waals surface area contributed by atoms with E-state index in [0.717, 1.165) is 16.4 Å². The number of anilines is 1. The molecule has 1 aromatic carbocycles. The second kappa shape index (κ2) is 6.54. The Kier molecular flexibility index (Phi) is 5.34. The molecule has 5 heteroatoms. The van der Waals surface area contributed by atoms with Gasteiger partial charge < -0.3 is 9.80 Å². The summed E-state index contributed by atoms with van der Waals surface area (Å²) in [6, 6.07) is 5.42. The largest absolute Gasteiger partial charge is 0.362 e. The molecule has 18 heavy (non-hydrogen) atoms. The Labute approximate surface area is 116 Å². The van der Waals surface area contributed by atoms with Gasteiger partial charge in [0, 0.05) is 36.4 Å². The summed E-state index contributed by atoms with van der Waals surface area (Å²) >= 11 is 3.38. The van der Waals surface area contributed by atoms with E-state index < -0.39 is 0 Å². The SMILES string of the molecule is CCN(CC(=O)N(C)C)c1cc(Br)ccc1C=O. The molecular formula is C13H17BrN2O2. The highest BCUT2D eigenvalue weighted by atomic mass is 79.9. The van der Waals surface area contributed by atoms with E-state index in [4.69, 9.17) is 0 Å². The lowest BCUT2D eigenvalue weighted by Crippen LogP contribution is -2.37. The highest BCUT2D eigenvalue weighted by molar-refractivity contribution is 9.10. The first-order valence-electron chi connectivity index (χ1n) is 5.69. The van der Waals surface area contributed by atoms with Crippen molar-refractivity contribution < 1.29 is 9.59 Å². The molecule has 1 rings (SSSR count). The second-order valence-corrected chi connectivity index (χ2v) is 5.04. The summed E-state index contributed by atoms with van der Waals surface area (Å²) in [7, 11) is 3.44. The van der Waals surface area contributed by atoms with E-state index in [1.54, 1.807) is 25.1 Å². The van der Waals surface area contributed by atoms with Crippen LogP contribution in [0.1, 0.15) is 17.3 Å². The molecule has 0 aliphatic heterocycles. The van der Waals surface area contributed by atoms with Crippen LogP contribution in [-0.2, 0) is 4.79 Å². The van der Waals surface area contributed by atoms with Crippen molar-refractivity contribution in [2.24, 2.45) is 0 Å². The average Bonchev–Trinajstić information content (AvgIpc) is 2.35. The molecule has 0 heterocycles. The standard InChI is InChI=1S/C13H17BrN2O2/c1-4-16(8-13(18)15(2)3)12-7-11(14)6-5-10(12)9-17/h5-7,9H,4,8H2,1-3H3. The molecule has 1 aromatic rings. The fourth-order valence-corrected chi connectivity index (χ4v) is 1.91. The van der Waals surface area contributed by atoms with Gasteiger partial charge in [0.2, 0.25) is 5.91 Å². The smallest absolute Gasteiger partial charge is 0.241 e. The summed E-state index contributed by atoms with van der Waals surface area (Å²) in [5.74, 6) is 0.00803. The molecule has 0 saturated heterocycles. The van der Waals surface area contributed by atoms with Gasteiger partial charge in [0.05, 0.1) is 6.54 Å². The molecule has 0 atom stereocenters. The number of aldehydes is 1. The molecule has 1 amide bonds. The quantitative estimate of drug-likeness (QED) is 0.782. The molecular weight excluding hydrogens is 296 g/mol. The van der Waals surface area contributed by atoms with E-state index in [-0.39, 0.29) is 12.5 Å². The fraction of sp³-hybridized carbons (Fsp3) is 0.385. The van der Waals surface area contributed by atoms with Crippen molar-refractivity contribution in [1.29, 1.82) is 0 Å². The topological polar surface area (TPSA) is 40.6 Å². The molecule has 0 bridgehead atoms. The molecule has 0 fully saturated rings. The van der Waals surface area contributed by atoms with E-state index in [9.17, 15) is 9.59 Å². The average molecular weight is 313 g/mol. The van der Waals surface area contributed by atoms with Gasteiger partial charge >= 0.3 is 0 Å². The van der Waals surface area contributed by atoms with Crippen molar-refractivity contribution in [3.63, 3.8) is 0 Å². The van der Waals surface area contributed by atoms with Crippen LogP contribution in [0, 0.1) is 0 Å². The van der Waals surface area contributed by atoms with Crippen LogP contribution in [0.4, 0.5) is 5.69 Å². The Morgan fingerprint density at radius 1 is 1.39 bits per heavy atom. The van der Waals surface area contributed by atoms with Gasteiger partial charge in [-0.2, -0.15) is 0 Å². The number of amides is 1. The van der Waals surface area contributed by atoms with Crippen LogP contribution in [0.15, 0.2) is 22.7 Å². The highest BCUT2D eigenvalue weighted by Crippen LogP contribution is 2.24. The molecule has 0 aliphatic rings. The van der Waals surface area contributed by atoms with E-state index in [2.05, 4.69) is 15.9 Å². The lowest BCUT2D eigenvalue weighted by molar-refractivity contribution is -0.127. The number of halogens is 1. The lowest BCUT2D eigenvalue weighted by atomic mass is 10.1. The number of carbonyl (C=O) groups is 2. The van der Waals surface area contributed by atoms with Gasteiger partial charge in [0.25, 0.3) is 0 Å². The zero-order valence-corrected chi connectivity index (χ0v) is 12.4. The zero-order chi connectivity index (χ0) is 13.7. The predicted octanol–water partition coefficient (Wildman–Crippen LogP) is 2.18. The van der Waals surface area contributed by atoms with Crippen LogP contribution in [0.2, 0.25) is 0 Å². The van der Waals surface area contributed by atoms with E-state index >= 15 is 0 Å². The number of rotatable bonds is 5. The van der Waals surface area contributed by atoms with E-state index in [1.165, 1.54) is 0 Å². The maximum Gasteiger partial charge on any atom is 0.241 e. The van der Waals surface area contributed by atoms with Gasteiger partial charge in [-0.25, -0.2) is 0 Å². The van der Waals surface area contributed by atoms with Crippen molar-refractivity contribution in [3.05, 3.63) is 28.2 Å². The van der Waals surface area contributed by atoms with Crippen LogP contribution in [0.5, 0.6) is 0 Å². The molecule has 0 N–H and O–H groups in total. The first-order chi connectivity index (χ1) is 8.49. The molecule has 0 aromatic heterocycles. The molecule has 0 saturated carbocycles. The van der Waals surface area contributed by atoms with E-state index in [0.29, 0.717) is 12.1 Å². The first kappa shape index (κ1) is 14.7. The minimum absolute atomic E-state index is 0.00803. The summed E-state index contributed by atoms with van der Waals surface area (Å²) in [6.45, 7) is 2.89. The highest BCUT2D eigenvalue weighted by Gasteiger charge is 2.14. The number of hydrogen-bond acceptors (Lipinski definition) is 3. The summed E-state index contributed by atoms with van der Waals surface area (Å²) in [5, 5.41) is 0. The number of nitrogens with zero attached hydrogens (tertiary/aromatic N) is 2. The van der Waals surface area contributed by atoms with Gasteiger partial charge in [-0.05, 0) is 25.1 Å². The van der Waals surface area contributed by atoms with Gasteiger partial charge in [-0.3, -0.25) is 9.59 Å². The summed E-state index contributed by atoms with van der Waals surface area (Å²) < 4.78 is 0.888. The number of benzene rings is 1. The van der Waals surface area contributed by atoms with Crippen LogP contribution in [0.3, 0.4) is 0 Å². The third-order valence-corrected chi connectivity index (χ3v) is 3.16. The number of carbonyl (C=O) groups excluding carboxylic acids is 2. The van der Waals surface area contributed by atoms with Gasteiger partial charge in [0.15, 0.2) is 6.29 Å². The van der Waals surface area contributed by atoms with Crippen LogP contribution >= 0.6 is 15.9 Å². The normalized spacial score (nSPS) is 10.0. The number of likely N-dealkylation sites (N-methyl/N-ethyl adjacent to an activating group) is 2. The molecule has 0 radical (unpaired) electrons. The van der Waals surface area contributed by atoms with Crippen molar-refractivity contribution in [3.8, 4) is 0 Å². The Morgan fingerprint density at radius 3 is 2.56 bits per heavy atom. The maximum atomic E-state index is 11.8. The maximum absolute atomic E-state index is 11.8. The number of hydrogen-bond donors (Lipinski definition) is 0. The van der Waals surface area contributed by atoms with E-state index in [1.807, 2.05) is 24.0 Å². The molecule has 0 spiro atoms. The summed E-state index contributed by atoms with van der Waals surface area (Å²) in [5.41, 5.74) is 1.36. The van der Waals surface area contributed by atoms with Crippen LogP contribution < -0.4 is 4.90 Å². The van der Waals surface area contributed by atoms with Gasteiger partial charge in [-0.15, -0.1) is 0 Å². The van der Waals surface area contributed by atoms with Crippen molar-refractivity contribution in [1.82, 2.24) is 4.90 Å². The second-order valence-electron chi connectivity index (χ2n) is 4.12. The third-order valence-electron chi connectivity index (χ3n) is 2.67. The Bertz CT molecular complexity index is 447. The van der Waals surface area contributed by atoms with Crippen molar-refractivity contribution >= 4 is 33.8 Å². The van der Waals surface area contributed by atoms with Crippen molar-refractivity contribution in [2.75, 3.05) is 32.1 Å². The minimum atomic E-state index is 0.00803. The predicted molar refractivity (Wildman–Crippen MR) is 76.1 cm³/mol. The van der Waals surface area contributed by atoms with Crippen LogP contribution in [-0.4, -0.2) is 44.3 Å². The Balaban J connectivity index is 3.04. The molecule has 0 aliphatic carbocycles. The van der Waals surface area contributed by atoms with Crippen LogP contribution in [0.25, 0.3) is 0 Å². The zero-order valence-electron chi connectivity index (χ0n) is 10.8. The van der Waals surface area contributed by atoms with Gasteiger partial charge in [-0.1, -0.05) is 15.9 Å². The summed E-state index contributed by atoms with van der Waals surface area (Å²) in [6.07, 6.45) is 0.810. The fourth-order valence-electron chi connectivity index (χ4n) is 1.56. The Morgan fingerprint density at radius 2 is 2.06 bits per heavy atom.